The zero-order valence-electron chi connectivity index (χ0n) is 13.5. The number of pyridine rings is 1. The largest absolute Gasteiger partial charge is 0.369 e. The number of nitrogen functional groups attached to an aromatic ring is 1. The van der Waals surface area contributed by atoms with Crippen molar-refractivity contribution in [3.8, 4) is 0 Å². The van der Waals surface area contributed by atoms with E-state index in [1.165, 1.54) is 23.1 Å². The number of aromatic amines is 2. The van der Waals surface area contributed by atoms with Crippen molar-refractivity contribution in [2.24, 2.45) is 0 Å². The highest BCUT2D eigenvalue weighted by atomic mass is 19.1. The van der Waals surface area contributed by atoms with Gasteiger partial charge in [0.1, 0.15) is 5.82 Å². The van der Waals surface area contributed by atoms with Crippen LogP contribution < -0.4 is 16.9 Å². The van der Waals surface area contributed by atoms with Crippen molar-refractivity contribution in [2.75, 3.05) is 12.3 Å². The standard InChI is InChI=1S/C17H14FN5O3/c18-8-1-2-12-10(5-8)11(6-14(24)20-12)16(26)23-4-3-9-13(7-23)21-17(19)22-15(9)25/h1-2,5-6H,3-4,7H2,(H,20,24)(H3,19,21,22,25). The topological polar surface area (TPSA) is 125 Å². The summed E-state index contributed by atoms with van der Waals surface area (Å²) in [6, 6.07) is 4.98. The Bertz CT molecular complexity index is 1170. The average molecular weight is 355 g/mol. The third-order valence-corrected chi connectivity index (χ3v) is 4.41. The molecule has 26 heavy (non-hydrogen) atoms. The van der Waals surface area contributed by atoms with Crippen molar-refractivity contribution in [3.63, 3.8) is 0 Å². The minimum absolute atomic E-state index is 0.0216. The molecule has 8 nitrogen and oxygen atoms in total. The third kappa shape index (κ3) is 2.63. The molecule has 0 aliphatic carbocycles. The Morgan fingerprint density at radius 2 is 2.04 bits per heavy atom. The third-order valence-electron chi connectivity index (χ3n) is 4.41. The van der Waals surface area contributed by atoms with Gasteiger partial charge in [0.05, 0.1) is 17.8 Å². The molecule has 1 aliphatic heterocycles. The molecule has 0 saturated carbocycles. The van der Waals surface area contributed by atoms with Gasteiger partial charge in [0.15, 0.2) is 0 Å². The van der Waals surface area contributed by atoms with E-state index in [1.54, 1.807) is 0 Å². The van der Waals surface area contributed by atoms with Crippen LogP contribution in [0.15, 0.2) is 33.9 Å². The second-order valence-corrected chi connectivity index (χ2v) is 6.09. The van der Waals surface area contributed by atoms with Crippen LogP contribution in [0.1, 0.15) is 21.6 Å². The first-order chi connectivity index (χ1) is 12.4. The van der Waals surface area contributed by atoms with Crippen LogP contribution in [0.2, 0.25) is 0 Å². The van der Waals surface area contributed by atoms with E-state index in [0.717, 1.165) is 6.07 Å². The zero-order valence-corrected chi connectivity index (χ0v) is 13.5. The second-order valence-electron chi connectivity index (χ2n) is 6.09. The molecule has 4 N–H and O–H groups in total. The van der Waals surface area contributed by atoms with Crippen molar-refractivity contribution in [1.29, 1.82) is 0 Å². The van der Waals surface area contributed by atoms with E-state index in [9.17, 15) is 18.8 Å². The maximum absolute atomic E-state index is 13.6. The molecule has 132 valence electrons. The van der Waals surface area contributed by atoms with E-state index in [2.05, 4.69) is 15.0 Å². The molecule has 3 heterocycles. The van der Waals surface area contributed by atoms with Crippen LogP contribution in [-0.4, -0.2) is 32.3 Å². The number of H-pyrrole nitrogens is 2. The highest BCUT2D eigenvalue weighted by Crippen LogP contribution is 2.21. The summed E-state index contributed by atoms with van der Waals surface area (Å²) in [6.07, 6.45) is 0.319. The maximum atomic E-state index is 13.6. The number of hydrogen-bond acceptors (Lipinski definition) is 5. The van der Waals surface area contributed by atoms with Gasteiger partial charge in [-0.25, -0.2) is 9.37 Å². The van der Waals surface area contributed by atoms with E-state index in [1.807, 2.05) is 0 Å². The lowest BCUT2D eigenvalue weighted by atomic mass is 10.0. The van der Waals surface area contributed by atoms with Gasteiger partial charge in [-0.05, 0) is 24.6 Å². The number of anilines is 1. The Labute approximate surface area is 145 Å². The van der Waals surface area contributed by atoms with E-state index in [0.29, 0.717) is 28.6 Å². The van der Waals surface area contributed by atoms with Gasteiger partial charge in [-0.2, -0.15) is 0 Å². The number of carbonyl (C=O) groups excluding carboxylic acids is 1. The number of rotatable bonds is 1. The lowest BCUT2D eigenvalue weighted by Crippen LogP contribution is -2.39. The number of amides is 1. The van der Waals surface area contributed by atoms with Crippen LogP contribution in [0.25, 0.3) is 10.9 Å². The Morgan fingerprint density at radius 1 is 1.23 bits per heavy atom. The van der Waals surface area contributed by atoms with E-state index in [4.69, 9.17) is 5.73 Å². The van der Waals surface area contributed by atoms with E-state index < -0.39 is 17.3 Å². The molecule has 0 fully saturated rings. The number of aromatic nitrogens is 3. The minimum atomic E-state index is -0.511. The molecule has 0 atom stereocenters. The maximum Gasteiger partial charge on any atom is 0.255 e. The molecule has 0 unspecified atom stereocenters. The Hall–Kier alpha value is -3.49. The Morgan fingerprint density at radius 3 is 2.85 bits per heavy atom. The van der Waals surface area contributed by atoms with Gasteiger partial charge in [-0.3, -0.25) is 19.4 Å². The smallest absolute Gasteiger partial charge is 0.255 e. The van der Waals surface area contributed by atoms with Gasteiger partial charge >= 0.3 is 0 Å². The van der Waals surface area contributed by atoms with Gasteiger partial charge in [0, 0.05) is 29.1 Å². The molecular weight excluding hydrogens is 341 g/mol. The second kappa shape index (κ2) is 5.80. The fourth-order valence-corrected chi connectivity index (χ4v) is 3.21. The summed E-state index contributed by atoms with van der Waals surface area (Å²) in [4.78, 5) is 47.3. The Balaban J connectivity index is 1.77. The molecule has 2 aromatic heterocycles. The number of nitrogens with zero attached hydrogens (tertiary/aromatic N) is 2. The summed E-state index contributed by atoms with van der Waals surface area (Å²) in [6.45, 7) is 0.371. The van der Waals surface area contributed by atoms with E-state index >= 15 is 0 Å². The molecule has 9 heteroatoms. The van der Waals surface area contributed by atoms with Gasteiger partial charge in [-0.1, -0.05) is 0 Å². The molecule has 1 aliphatic rings. The van der Waals surface area contributed by atoms with Crippen molar-refractivity contribution < 1.29 is 9.18 Å². The SMILES string of the molecule is Nc1nc2c(c(=O)[nH]1)CCN(C(=O)c1cc(=O)[nH]c3ccc(F)cc13)C2. The quantitative estimate of drug-likeness (QED) is 0.587. The van der Waals surface area contributed by atoms with Gasteiger partial charge in [-0.15, -0.1) is 0 Å². The molecule has 0 bridgehead atoms. The Kier molecular flexibility index (Phi) is 3.57. The molecule has 3 aromatic rings. The van der Waals surface area contributed by atoms with Crippen LogP contribution in [-0.2, 0) is 13.0 Å². The molecule has 0 radical (unpaired) electrons. The molecule has 0 spiro atoms. The first-order valence-corrected chi connectivity index (χ1v) is 7.92. The van der Waals surface area contributed by atoms with Gasteiger partial charge in [0.2, 0.25) is 11.5 Å². The monoisotopic (exact) mass is 355 g/mol. The molecule has 0 saturated heterocycles. The number of benzene rings is 1. The van der Waals surface area contributed by atoms with E-state index in [-0.39, 0.29) is 30.2 Å². The number of hydrogen-bond donors (Lipinski definition) is 3. The predicted octanol–water partition coefficient (Wildman–Crippen LogP) is 0.531. The predicted molar refractivity (Wildman–Crippen MR) is 92.2 cm³/mol. The number of nitrogens with one attached hydrogen (secondary N) is 2. The molecule has 4 rings (SSSR count). The fourth-order valence-electron chi connectivity index (χ4n) is 3.21. The van der Waals surface area contributed by atoms with Crippen LogP contribution in [0.3, 0.4) is 0 Å². The van der Waals surface area contributed by atoms with Crippen LogP contribution >= 0.6 is 0 Å². The summed E-state index contributed by atoms with van der Waals surface area (Å²) in [7, 11) is 0. The highest BCUT2D eigenvalue weighted by molar-refractivity contribution is 6.06. The van der Waals surface area contributed by atoms with Crippen LogP contribution in [0.4, 0.5) is 10.3 Å². The summed E-state index contributed by atoms with van der Waals surface area (Å²) < 4.78 is 13.6. The summed E-state index contributed by atoms with van der Waals surface area (Å²) in [5.74, 6) is -0.965. The van der Waals surface area contributed by atoms with Crippen LogP contribution in [0, 0.1) is 5.82 Å². The highest BCUT2D eigenvalue weighted by Gasteiger charge is 2.26. The first kappa shape index (κ1) is 16.0. The minimum Gasteiger partial charge on any atom is -0.369 e. The van der Waals surface area contributed by atoms with Crippen molar-refractivity contribution in [1.82, 2.24) is 19.9 Å². The normalized spacial score (nSPS) is 13.7. The summed E-state index contributed by atoms with van der Waals surface area (Å²) >= 11 is 0. The van der Waals surface area contributed by atoms with Gasteiger partial charge in [0.25, 0.3) is 11.5 Å². The fraction of sp³-hybridized carbons (Fsp3) is 0.176. The van der Waals surface area contributed by atoms with Crippen LogP contribution in [0.5, 0.6) is 0 Å². The number of fused-ring (bicyclic) bond motifs is 2. The summed E-state index contributed by atoms with van der Waals surface area (Å²) in [5, 5.41) is 0.318. The van der Waals surface area contributed by atoms with Crippen molar-refractivity contribution >= 4 is 22.8 Å². The number of nitrogens with two attached hydrogens (primary N) is 1. The average Bonchev–Trinajstić information content (AvgIpc) is 2.60. The lowest BCUT2D eigenvalue weighted by molar-refractivity contribution is 0.0733. The summed E-state index contributed by atoms with van der Waals surface area (Å²) in [5.41, 5.74) is 6.19. The van der Waals surface area contributed by atoms with Crippen molar-refractivity contribution in [3.05, 3.63) is 67.6 Å². The van der Waals surface area contributed by atoms with Crippen molar-refractivity contribution in [2.45, 2.75) is 13.0 Å². The molecular formula is C17H14FN5O3. The number of carbonyl (C=O) groups is 1. The van der Waals surface area contributed by atoms with Gasteiger partial charge < -0.3 is 15.6 Å². The zero-order chi connectivity index (χ0) is 18.4. The number of halogens is 1. The molecule has 1 amide bonds. The molecule has 1 aromatic carbocycles. The first-order valence-electron chi connectivity index (χ1n) is 7.92. The lowest BCUT2D eigenvalue weighted by Gasteiger charge is -2.28.